The Morgan fingerprint density at radius 1 is 1.33 bits per heavy atom. The van der Waals surface area contributed by atoms with Gasteiger partial charge in [-0.2, -0.15) is 0 Å². The summed E-state index contributed by atoms with van der Waals surface area (Å²) in [5, 5.41) is 13.5. The topological polar surface area (TPSA) is 105 Å². The fourth-order valence-corrected chi connectivity index (χ4v) is 2.56. The van der Waals surface area contributed by atoms with Crippen LogP contribution in [0.15, 0.2) is 35.7 Å². The van der Waals surface area contributed by atoms with E-state index in [0.717, 1.165) is 0 Å². The largest absolute Gasteiger partial charge is 0.476 e. The highest BCUT2D eigenvalue weighted by Gasteiger charge is 2.20. The van der Waals surface area contributed by atoms with E-state index in [2.05, 4.69) is 10.3 Å². The lowest BCUT2D eigenvalue weighted by Gasteiger charge is -2.16. The lowest BCUT2D eigenvalue weighted by molar-refractivity contribution is -0.123. The average molecular weight is 305 g/mol. The molecule has 2 aromatic rings. The molecule has 1 heterocycles. The highest BCUT2D eigenvalue weighted by Crippen LogP contribution is 2.19. The summed E-state index contributed by atoms with van der Waals surface area (Å²) in [6, 6.07) is 7.86. The van der Waals surface area contributed by atoms with Gasteiger partial charge in [0.15, 0.2) is 5.69 Å². The van der Waals surface area contributed by atoms with E-state index < -0.39 is 18.1 Å². The quantitative estimate of drug-likeness (QED) is 0.780. The van der Waals surface area contributed by atoms with Crippen molar-refractivity contribution >= 4 is 23.2 Å². The summed E-state index contributed by atoms with van der Waals surface area (Å²) in [5.74, 6) is -1.42. The molecule has 1 aromatic heterocycles. The molecule has 0 fully saturated rings. The minimum atomic E-state index is -1.09. The maximum atomic E-state index is 12.1. The molecule has 7 heteroatoms. The first kappa shape index (κ1) is 15.1. The van der Waals surface area contributed by atoms with E-state index in [1.807, 2.05) is 18.2 Å². The number of nitrogens with zero attached hydrogens (tertiary/aromatic N) is 1. The maximum absolute atomic E-state index is 12.1. The third-order valence-corrected chi connectivity index (χ3v) is 3.94. The molecule has 0 aliphatic carbocycles. The molecular weight excluding hydrogens is 290 g/mol. The van der Waals surface area contributed by atoms with Gasteiger partial charge in [-0.1, -0.05) is 30.3 Å². The van der Waals surface area contributed by atoms with Gasteiger partial charge in [0, 0.05) is 5.38 Å². The molecule has 0 saturated carbocycles. The van der Waals surface area contributed by atoms with E-state index in [0.29, 0.717) is 10.6 Å². The third-order valence-electron chi connectivity index (χ3n) is 2.91. The van der Waals surface area contributed by atoms with Gasteiger partial charge < -0.3 is 16.2 Å². The first-order valence-electron chi connectivity index (χ1n) is 6.28. The van der Waals surface area contributed by atoms with E-state index >= 15 is 0 Å². The zero-order chi connectivity index (χ0) is 15.4. The van der Waals surface area contributed by atoms with Crippen molar-refractivity contribution in [1.82, 2.24) is 10.3 Å². The minimum Gasteiger partial charge on any atom is -0.476 e. The number of carbonyl (C=O) groups is 2. The van der Waals surface area contributed by atoms with Crippen molar-refractivity contribution in [3.8, 4) is 0 Å². The number of hydrogen-bond donors (Lipinski definition) is 3. The molecule has 2 rings (SSSR count). The van der Waals surface area contributed by atoms with Crippen LogP contribution in [0.2, 0.25) is 0 Å². The number of rotatable bonds is 5. The molecule has 21 heavy (non-hydrogen) atoms. The zero-order valence-corrected chi connectivity index (χ0v) is 12.1. The summed E-state index contributed by atoms with van der Waals surface area (Å²) in [4.78, 5) is 26.8. The highest BCUT2D eigenvalue weighted by atomic mass is 32.1. The van der Waals surface area contributed by atoms with Gasteiger partial charge >= 0.3 is 5.97 Å². The van der Waals surface area contributed by atoms with Gasteiger partial charge in [0.2, 0.25) is 5.91 Å². The van der Waals surface area contributed by atoms with Crippen LogP contribution in [0.25, 0.3) is 0 Å². The van der Waals surface area contributed by atoms with Crippen LogP contribution in [0.3, 0.4) is 0 Å². The Balaban J connectivity index is 2.03. The van der Waals surface area contributed by atoms with Crippen LogP contribution in [0.5, 0.6) is 0 Å². The second-order valence-corrected chi connectivity index (χ2v) is 5.38. The molecule has 0 bridgehead atoms. The summed E-state index contributed by atoms with van der Waals surface area (Å²) in [7, 11) is 0. The second-order valence-electron chi connectivity index (χ2n) is 4.49. The number of aromatic carboxylic acids is 1. The fourth-order valence-electron chi connectivity index (χ4n) is 1.76. The maximum Gasteiger partial charge on any atom is 0.355 e. The van der Waals surface area contributed by atoms with Gasteiger partial charge in [0.25, 0.3) is 0 Å². The summed E-state index contributed by atoms with van der Waals surface area (Å²) >= 11 is 1.19. The Hall–Kier alpha value is -2.25. The van der Waals surface area contributed by atoms with Crippen LogP contribution >= 0.6 is 11.3 Å². The summed E-state index contributed by atoms with van der Waals surface area (Å²) in [6.45, 7) is 1.74. The molecule has 110 valence electrons. The van der Waals surface area contributed by atoms with Gasteiger partial charge in [-0.25, -0.2) is 9.78 Å². The number of nitrogens with one attached hydrogen (secondary N) is 1. The first-order chi connectivity index (χ1) is 9.99. The van der Waals surface area contributed by atoms with Crippen LogP contribution in [-0.2, 0) is 4.79 Å². The van der Waals surface area contributed by atoms with Gasteiger partial charge in [-0.3, -0.25) is 4.79 Å². The molecule has 1 aromatic carbocycles. The molecule has 0 aliphatic rings. The number of hydrogen-bond acceptors (Lipinski definition) is 5. The van der Waals surface area contributed by atoms with Crippen molar-refractivity contribution in [2.45, 2.75) is 19.0 Å². The zero-order valence-electron chi connectivity index (χ0n) is 11.3. The van der Waals surface area contributed by atoms with Crippen LogP contribution in [-0.4, -0.2) is 22.0 Å². The molecule has 4 N–H and O–H groups in total. The Labute approximate surface area is 125 Å². The number of carboxylic acids is 1. The van der Waals surface area contributed by atoms with Crippen molar-refractivity contribution in [3.05, 3.63) is 52.0 Å². The predicted molar refractivity (Wildman–Crippen MR) is 79.0 cm³/mol. The molecular formula is C14H15N3O3S. The Morgan fingerprint density at radius 3 is 2.57 bits per heavy atom. The third kappa shape index (κ3) is 3.65. The number of carboxylic acid groups (broad SMARTS) is 1. The fraction of sp³-hybridized carbons (Fsp3) is 0.214. The molecule has 1 amide bonds. The molecule has 0 aliphatic heterocycles. The van der Waals surface area contributed by atoms with Gasteiger partial charge in [-0.05, 0) is 12.5 Å². The molecule has 6 nitrogen and oxygen atoms in total. The van der Waals surface area contributed by atoms with E-state index in [-0.39, 0.29) is 11.6 Å². The minimum absolute atomic E-state index is 0.0246. The van der Waals surface area contributed by atoms with Crippen molar-refractivity contribution in [1.29, 1.82) is 0 Å². The number of amides is 1. The molecule has 0 saturated heterocycles. The van der Waals surface area contributed by atoms with Crippen molar-refractivity contribution in [2.75, 3.05) is 0 Å². The van der Waals surface area contributed by atoms with Crippen LogP contribution in [0, 0.1) is 0 Å². The number of benzene rings is 1. The molecule has 0 spiro atoms. The lowest BCUT2D eigenvalue weighted by atomic mass is 10.1. The monoisotopic (exact) mass is 305 g/mol. The van der Waals surface area contributed by atoms with Gasteiger partial charge in [0.1, 0.15) is 11.0 Å². The van der Waals surface area contributed by atoms with Crippen molar-refractivity contribution in [3.63, 3.8) is 0 Å². The first-order valence-corrected chi connectivity index (χ1v) is 7.16. The summed E-state index contributed by atoms with van der Waals surface area (Å²) in [5.41, 5.74) is 6.59. The van der Waals surface area contributed by atoms with Gasteiger partial charge in [0.05, 0.1) is 6.04 Å². The lowest BCUT2D eigenvalue weighted by Crippen LogP contribution is -2.35. The van der Waals surface area contributed by atoms with E-state index in [1.165, 1.54) is 16.7 Å². The van der Waals surface area contributed by atoms with Crippen LogP contribution in [0.1, 0.15) is 40.1 Å². The molecule has 0 radical (unpaired) electrons. The average Bonchev–Trinajstić information content (AvgIpc) is 2.97. The standard InChI is InChI=1S/C14H15N3O3S/c1-8(13-17-10(7-21-13)14(19)20)16-12(18)11(15)9-5-3-2-4-6-9/h2-8,11H,15H2,1H3,(H,16,18)(H,19,20). The summed E-state index contributed by atoms with van der Waals surface area (Å²) < 4.78 is 0. The van der Waals surface area contributed by atoms with E-state index in [9.17, 15) is 9.59 Å². The molecule has 2 unspecified atom stereocenters. The SMILES string of the molecule is CC(NC(=O)C(N)c1ccccc1)c1nc(C(=O)O)cs1. The number of carbonyl (C=O) groups excluding carboxylic acids is 1. The Kier molecular flexibility index (Phi) is 4.66. The van der Waals surface area contributed by atoms with Gasteiger partial charge in [-0.15, -0.1) is 11.3 Å². The Bertz CT molecular complexity index is 642. The summed E-state index contributed by atoms with van der Waals surface area (Å²) in [6.07, 6.45) is 0. The highest BCUT2D eigenvalue weighted by molar-refractivity contribution is 7.09. The number of thiazole rings is 1. The Morgan fingerprint density at radius 2 is 2.00 bits per heavy atom. The number of aromatic nitrogens is 1. The van der Waals surface area contributed by atoms with E-state index in [4.69, 9.17) is 10.8 Å². The smallest absolute Gasteiger partial charge is 0.355 e. The van der Waals surface area contributed by atoms with Crippen LogP contribution < -0.4 is 11.1 Å². The van der Waals surface area contributed by atoms with Crippen LogP contribution in [0.4, 0.5) is 0 Å². The predicted octanol–water partition coefficient (Wildman–Crippen LogP) is 1.72. The van der Waals surface area contributed by atoms with E-state index in [1.54, 1.807) is 19.1 Å². The normalized spacial score (nSPS) is 13.4. The molecule has 2 atom stereocenters. The second kappa shape index (κ2) is 6.47. The van der Waals surface area contributed by atoms with Crippen molar-refractivity contribution < 1.29 is 14.7 Å². The number of nitrogens with two attached hydrogens (primary N) is 1. The van der Waals surface area contributed by atoms with Crippen molar-refractivity contribution in [2.24, 2.45) is 5.73 Å².